The van der Waals surface area contributed by atoms with Gasteiger partial charge in [0.1, 0.15) is 5.82 Å². The van der Waals surface area contributed by atoms with Gasteiger partial charge < -0.3 is 10.5 Å². The van der Waals surface area contributed by atoms with Crippen molar-refractivity contribution in [2.75, 3.05) is 13.7 Å². The number of ether oxygens (including phenoxy) is 1. The van der Waals surface area contributed by atoms with Crippen molar-refractivity contribution in [3.8, 4) is 0 Å². The molecule has 2 N–H and O–H groups in total. The molecule has 0 spiro atoms. The lowest BCUT2D eigenvalue weighted by Gasteiger charge is -2.16. The molecule has 1 aromatic carbocycles. The maximum atomic E-state index is 13.2. The van der Waals surface area contributed by atoms with Gasteiger partial charge in [0, 0.05) is 19.8 Å². The fourth-order valence-corrected chi connectivity index (χ4v) is 2.04. The quantitative estimate of drug-likeness (QED) is 0.852. The number of benzene rings is 1. The van der Waals surface area contributed by atoms with Gasteiger partial charge in [0.15, 0.2) is 0 Å². The summed E-state index contributed by atoms with van der Waals surface area (Å²) >= 11 is 5.62. The smallest absolute Gasteiger partial charge is 0.142 e. The van der Waals surface area contributed by atoms with Crippen LogP contribution in [0.1, 0.15) is 18.9 Å². The van der Waals surface area contributed by atoms with Crippen molar-refractivity contribution in [2.45, 2.75) is 25.8 Å². The van der Waals surface area contributed by atoms with Crippen LogP contribution >= 0.6 is 11.6 Å². The minimum Gasteiger partial charge on any atom is -0.384 e. The Balaban J connectivity index is 2.50. The summed E-state index contributed by atoms with van der Waals surface area (Å²) in [6.07, 6.45) is 1.51. The van der Waals surface area contributed by atoms with Crippen molar-refractivity contribution in [1.82, 2.24) is 0 Å². The summed E-state index contributed by atoms with van der Waals surface area (Å²) in [6.45, 7) is 2.79. The molecule has 2 unspecified atom stereocenters. The zero-order chi connectivity index (χ0) is 12.8. The zero-order valence-electron chi connectivity index (χ0n) is 10.2. The molecule has 17 heavy (non-hydrogen) atoms. The molecule has 0 heterocycles. The molecule has 4 heteroatoms. The summed E-state index contributed by atoms with van der Waals surface area (Å²) < 4.78 is 18.3. The lowest BCUT2D eigenvalue weighted by Crippen LogP contribution is -2.26. The SMILES string of the molecule is COCC(C)CC(N)Cc1ccc(Cl)c(F)c1. The Morgan fingerprint density at radius 1 is 1.47 bits per heavy atom. The van der Waals surface area contributed by atoms with Crippen LogP contribution < -0.4 is 5.73 Å². The van der Waals surface area contributed by atoms with E-state index in [1.54, 1.807) is 13.2 Å². The highest BCUT2D eigenvalue weighted by atomic mass is 35.5. The maximum Gasteiger partial charge on any atom is 0.142 e. The van der Waals surface area contributed by atoms with Crippen molar-refractivity contribution in [1.29, 1.82) is 0 Å². The minimum atomic E-state index is -0.388. The van der Waals surface area contributed by atoms with Crippen molar-refractivity contribution < 1.29 is 9.13 Å². The summed E-state index contributed by atoms with van der Waals surface area (Å²) in [6, 6.07) is 4.84. The number of rotatable bonds is 6. The average Bonchev–Trinajstić information content (AvgIpc) is 2.23. The van der Waals surface area contributed by atoms with Crippen molar-refractivity contribution in [3.63, 3.8) is 0 Å². The Kier molecular flexibility index (Phi) is 5.89. The minimum absolute atomic E-state index is 0.0146. The number of methoxy groups -OCH3 is 1. The van der Waals surface area contributed by atoms with Gasteiger partial charge in [-0.1, -0.05) is 24.6 Å². The maximum absolute atomic E-state index is 13.2. The van der Waals surface area contributed by atoms with Gasteiger partial charge in [-0.15, -0.1) is 0 Å². The standard InChI is InChI=1S/C13H19ClFNO/c1-9(8-17-2)5-11(16)6-10-3-4-12(14)13(15)7-10/h3-4,7,9,11H,5-6,8,16H2,1-2H3. The van der Waals surface area contributed by atoms with E-state index in [1.807, 2.05) is 6.07 Å². The molecular formula is C13H19ClFNO. The van der Waals surface area contributed by atoms with E-state index >= 15 is 0 Å². The normalized spacial score (nSPS) is 14.6. The van der Waals surface area contributed by atoms with Crippen LogP contribution in [0.25, 0.3) is 0 Å². The lowest BCUT2D eigenvalue weighted by molar-refractivity contribution is 0.152. The molecule has 0 aliphatic rings. The number of nitrogens with two attached hydrogens (primary N) is 1. The summed E-state index contributed by atoms with van der Waals surface area (Å²) in [4.78, 5) is 0. The molecule has 1 aromatic rings. The van der Waals surface area contributed by atoms with Gasteiger partial charge in [0.25, 0.3) is 0 Å². The molecular weight excluding hydrogens is 241 g/mol. The molecule has 0 saturated carbocycles. The second-order valence-corrected chi connectivity index (χ2v) is 4.92. The van der Waals surface area contributed by atoms with E-state index in [0.29, 0.717) is 18.9 Å². The topological polar surface area (TPSA) is 35.2 Å². The van der Waals surface area contributed by atoms with Crippen molar-refractivity contribution >= 4 is 11.6 Å². The Labute approximate surface area is 107 Å². The average molecular weight is 260 g/mol. The lowest BCUT2D eigenvalue weighted by atomic mass is 9.97. The van der Waals surface area contributed by atoms with E-state index in [1.165, 1.54) is 6.07 Å². The highest BCUT2D eigenvalue weighted by Crippen LogP contribution is 2.17. The van der Waals surface area contributed by atoms with E-state index in [0.717, 1.165) is 12.0 Å². The van der Waals surface area contributed by atoms with Crippen LogP contribution in [-0.4, -0.2) is 19.8 Å². The van der Waals surface area contributed by atoms with Crippen LogP contribution in [-0.2, 0) is 11.2 Å². The number of hydrogen-bond acceptors (Lipinski definition) is 2. The fraction of sp³-hybridized carbons (Fsp3) is 0.538. The Hall–Kier alpha value is -0.640. The first kappa shape index (κ1) is 14.4. The Morgan fingerprint density at radius 3 is 2.76 bits per heavy atom. The first-order valence-electron chi connectivity index (χ1n) is 5.71. The molecule has 1 rings (SSSR count). The Morgan fingerprint density at radius 2 is 2.18 bits per heavy atom. The Bertz CT molecular complexity index is 359. The number of hydrogen-bond donors (Lipinski definition) is 1. The van der Waals surface area contributed by atoms with Crippen LogP contribution in [0.15, 0.2) is 18.2 Å². The van der Waals surface area contributed by atoms with Gasteiger partial charge in [-0.3, -0.25) is 0 Å². The third-order valence-corrected chi connectivity index (χ3v) is 2.94. The van der Waals surface area contributed by atoms with Gasteiger partial charge in [0.05, 0.1) is 5.02 Å². The summed E-state index contributed by atoms with van der Waals surface area (Å²) in [7, 11) is 1.68. The fourth-order valence-electron chi connectivity index (χ4n) is 1.92. The molecule has 0 fully saturated rings. The molecule has 0 radical (unpaired) electrons. The zero-order valence-corrected chi connectivity index (χ0v) is 11.0. The molecule has 0 aliphatic heterocycles. The summed E-state index contributed by atoms with van der Waals surface area (Å²) in [5.74, 6) is 0.0217. The molecule has 2 nitrogen and oxygen atoms in total. The monoisotopic (exact) mass is 259 g/mol. The summed E-state index contributed by atoms with van der Waals surface area (Å²) in [5.41, 5.74) is 6.89. The first-order valence-corrected chi connectivity index (χ1v) is 6.09. The predicted molar refractivity (Wildman–Crippen MR) is 68.7 cm³/mol. The van der Waals surface area contributed by atoms with Crippen LogP contribution in [0.5, 0.6) is 0 Å². The van der Waals surface area contributed by atoms with E-state index in [4.69, 9.17) is 22.1 Å². The van der Waals surface area contributed by atoms with Crippen LogP contribution in [0.3, 0.4) is 0 Å². The third kappa shape index (κ3) is 5.02. The van der Waals surface area contributed by atoms with E-state index in [9.17, 15) is 4.39 Å². The molecule has 0 aromatic heterocycles. The molecule has 0 aliphatic carbocycles. The molecule has 2 atom stereocenters. The molecule has 0 bridgehead atoms. The van der Waals surface area contributed by atoms with Crippen LogP contribution in [0, 0.1) is 11.7 Å². The van der Waals surface area contributed by atoms with Gasteiger partial charge in [0.2, 0.25) is 0 Å². The second kappa shape index (κ2) is 6.94. The third-order valence-electron chi connectivity index (χ3n) is 2.64. The molecule has 0 saturated heterocycles. The number of halogens is 2. The highest BCUT2D eigenvalue weighted by Gasteiger charge is 2.11. The molecule has 96 valence electrons. The molecule has 0 amide bonds. The largest absolute Gasteiger partial charge is 0.384 e. The van der Waals surface area contributed by atoms with Gasteiger partial charge >= 0.3 is 0 Å². The van der Waals surface area contributed by atoms with E-state index in [-0.39, 0.29) is 16.9 Å². The van der Waals surface area contributed by atoms with E-state index < -0.39 is 0 Å². The predicted octanol–water partition coefficient (Wildman–Crippen LogP) is 3.02. The van der Waals surface area contributed by atoms with Crippen molar-refractivity contribution in [3.05, 3.63) is 34.6 Å². The van der Waals surface area contributed by atoms with Gasteiger partial charge in [-0.2, -0.15) is 0 Å². The van der Waals surface area contributed by atoms with E-state index in [2.05, 4.69) is 6.92 Å². The first-order chi connectivity index (χ1) is 8.02. The van der Waals surface area contributed by atoms with Crippen LogP contribution in [0.2, 0.25) is 5.02 Å². The van der Waals surface area contributed by atoms with Crippen LogP contribution in [0.4, 0.5) is 4.39 Å². The summed E-state index contributed by atoms with van der Waals surface area (Å²) in [5, 5.41) is 0.148. The second-order valence-electron chi connectivity index (χ2n) is 4.51. The van der Waals surface area contributed by atoms with Crippen molar-refractivity contribution in [2.24, 2.45) is 11.7 Å². The van der Waals surface area contributed by atoms with Gasteiger partial charge in [-0.05, 0) is 36.5 Å². The van der Waals surface area contributed by atoms with Gasteiger partial charge in [-0.25, -0.2) is 4.39 Å². The highest BCUT2D eigenvalue weighted by molar-refractivity contribution is 6.30.